The van der Waals surface area contributed by atoms with Crippen LogP contribution < -0.4 is 11.5 Å². The molecule has 0 atom stereocenters. The predicted octanol–water partition coefficient (Wildman–Crippen LogP) is 2.28. The monoisotopic (exact) mass is 265 g/mol. The fraction of sp³-hybridized carbons (Fsp3) is 0.0909. The minimum Gasteiger partial charge on any atom is -0.399 e. The molecule has 0 radical (unpaired) electrons. The van der Waals surface area contributed by atoms with E-state index in [-0.39, 0.29) is 0 Å². The van der Waals surface area contributed by atoms with E-state index in [0.29, 0.717) is 10.6 Å². The van der Waals surface area contributed by atoms with Gasteiger partial charge in [0.25, 0.3) is 5.91 Å². The lowest BCUT2D eigenvalue weighted by Crippen LogP contribution is -2.09. The van der Waals surface area contributed by atoms with Crippen LogP contribution in [0.2, 0.25) is 0 Å². The molecule has 0 spiro atoms. The number of nitrogen functional groups attached to an aromatic ring is 1. The summed E-state index contributed by atoms with van der Waals surface area (Å²) in [7, 11) is 0. The third-order valence-corrected chi connectivity index (χ3v) is 4.33. The molecule has 17 heavy (non-hydrogen) atoms. The second-order valence-electron chi connectivity index (χ2n) is 3.43. The van der Waals surface area contributed by atoms with Crippen molar-refractivity contribution in [3.8, 4) is 0 Å². The third-order valence-electron chi connectivity index (χ3n) is 2.09. The third kappa shape index (κ3) is 2.78. The Bertz CT molecular complexity index is 548. The Hall–Kier alpha value is -1.53. The summed E-state index contributed by atoms with van der Waals surface area (Å²) in [6.45, 7) is 1.78. The van der Waals surface area contributed by atoms with E-state index in [1.807, 2.05) is 24.3 Å². The molecule has 0 bridgehead atoms. The Morgan fingerprint density at radius 1 is 1.35 bits per heavy atom. The Morgan fingerprint density at radius 2 is 2.00 bits per heavy atom. The van der Waals surface area contributed by atoms with Gasteiger partial charge < -0.3 is 11.5 Å². The molecule has 4 N–H and O–H groups in total. The van der Waals surface area contributed by atoms with Crippen LogP contribution in [0.25, 0.3) is 0 Å². The zero-order chi connectivity index (χ0) is 12.4. The molecule has 0 aliphatic rings. The first-order valence-electron chi connectivity index (χ1n) is 4.87. The molecule has 1 aromatic carbocycles. The minimum absolute atomic E-state index is 0.427. The molecular formula is C11H11N3OS2. The first kappa shape index (κ1) is 11.9. The van der Waals surface area contributed by atoms with E-state index in [2.05, 4.69) is 4.98 Å². The van der Waals surface area contributed by atoms with Crippen molar-refractivity contribution in [3.63, 3.8) is 0 Å². The zero-order valence-corrected chi connectivity index (χ0v) is 10.8. The first-order valence-corrected chi connectivity index (χ1v) is 6.50. The molecule has 0 aliphatic carbocycles. The Labute approximate surface area is 107 Å². The van der Waals surface area contributed by atoms with E-state index in [0.717, 1.165) is 14.9 Å². The van der Waals surface area contributed by atoms with Gasteiger partial charge in [-0.1, -0.05) is 11.8 Å². The van der Waals surface area contributed by atoms with Gasteiger partial charge in [0.15, 0.2) is 4.34 Å². The standard InChI is InChI=1S/C11H11N3OS2/c1-6-9(10(13)15)17-11(14-6)16-8-4-2-7(12)3-5-8/h2-5H,12H2,1H3,(H2,13,15). The summed E-state index contributed by atoms with van der Waals surface area (Å²) in [6, 6.07) is 7.50. The van der Waals surface area contributed by atoms with E-state index >= 15 is 0 Å². The highest BCUT2D eigenvalue weighted by Crippen LogP contribution is 2.32. The number of aromatic nitrogens is 1. The van der Waals surface area contributed by atoms with Crippen LogP contribution in [0.4, 0.5) is 5.69 Å². The van der Waals surface area contributed by atoms with E-state index in [9.17, 15) is 4.79 Å². The molecule has 0 unspecified atom stereocenters. The molecular weight excluding hydrogens is 254 g/mol. The van der Waals surface area contributed by atoms with Gasteiger partial charge in [-0.2, -0.15) is 0 Å². The number of hydrogen-bond acceptors (Lipinski definition) is 5. The van der Waals surface area contributed by atoms with Gasteiger partial charge in [-0.15, -0.1) is 11.3 Å². The lowest BCUT2D eigenvalue weighted by Gasteiger charge is -1.97. The fourth-order valence-electron chi connectivity index (χ4n) is 1.28. The van der Waals surface area contributed by atoms with Crippen molar-refractivity contribution in [2.24, 2.45) is 5.73 Å². The number of hydrogen-bond donors (Lipinski definition) is 2. The average Bonchev–Trinajstić information content (AvgIpc) is 2.63. The van der Waals surface area contributed by atoms with Gasteiger partial charge in [0.1, 0.15) is 4.88 Å². The number of amides is 1. The number of anilines is 1. The van der Waals surface area contributed by atoms with Crippen molar-refractivity contribution in [1.82, 2.24) is 4.98 Å². The van der Waals surface area contributed by atoms with Crippen LogP contribution in [0, 0.1) is 6.92 Å². The minimum atomic E-state index is -0.427. The molecule has 1 amide bonds. The number of nitrogens with zero attached hydrogens (tertiary/aromatic N) is 1. The highest BCUT2D eigenvalue weighted by atomic mass is 32.2. The highest BCUT2D eigenvalue weighted by Gasteiger charge is 2.12. The van der Waals surface area contributed by atoms with Crippen molar-refractivity contribution in [2.45, 2.75) is 16.2 Å². The van der Waals surface area contributed by atoms with Gasteiger partial charge in [-0.25, -0.2) is 4.98 Å². The molecule has 0 saturated heterocycles. The van der Waals surface area contributed by atoms with Gasteiger partial charge in [0.05, 0.1) is 5.69 Å². The van der Waals surface area contributed by atoms with Crippen molar-refractivity contribution in [1.29, 1.82) is 0 Å². The highest BCUT2D eigenvalue weighted by molar-refractivity contribution is 8.01. The number of benzene rings is 1. The van der Waals surface area contributed by atoms with E-state index in [1.165, 1.54) is 23.1 Å². The smallest absolute Gasteiger partial charge is 0.260 e. The lowest BCUT2D eigenvalue weighted by atomic mass is 10.3. The second-order valence-corrected chi connectivity index (χ2v) is 5.75. The normalized spacial score (nSPS) is 10.4. The summed E-state index contributed by atoms with van der Waals surface area (Å²) in [5.41, 5.74) is 12.3. The Morgan fingerprint density at radius 3 is 2.53 bits per heavy atom. The lowest BCUT2D eigenvalue weighted by molar-refractivity contribution is 0.100. The van der Waals surface area contributed by atoms with Crippen LogP contribution in [0.15, 0.2) is 33.5 Å². The molecule has 0 fully saturated rings. The van der Waals surface area contributed by atoms with Crippen LogP contribution in [0.5, 0.6) is 0 Å². The van der Waals surface area contributed by atoms with Gasteiger partial charge in [0, 0.05) is 10.6 Å². The molecule has 4 nitrogen and oxygen atoms in total. The number of carbonyl (C=O) groups excluding carboxylic acids is 1. The SMILES string of the molecule is Cc1nc(Sc2ccc(N)cc2)sc1C(N)=O. The first-order chi connectivity index (χ1) is 8.06. The quantitative estimate of drug-likeness (QED) is 0.834. The summed E-state index contributed by atoms with van der Waals surface area (Å²) < 4.78 is 0.807. The van der Waals surface area contributed by atoms with E-state index < -0.39 is 5.91 Å². The summed E-state index contributed by atoms with van der Waals surface area (Å²) in [5, 5.41) is 0. The number of aryl methyl sites for hydroxylation is 1. The molecule has 1 heterocycles. The second kappa shape index (κ2) is 4.77. The molecule has 6 heteroatoms. The van der Waals surface area contributed by atoms with Gasteiger partial charge in [0.2, 0.25) is 0 Å². The van der Waals surface area contributed by atoms with Crippen LogP contribution in [0.3, 0.4) is 0 Å². The molecule has 1 aromatic heterocycles. The van der Waals surface area contributed by atoms with Crippen LogP contribution in [0.1, 0.15) is 15.4 Å². The molecule has 0 aliphatic heterocycles. The van der Waals surface area contributed by atoms with Crippen LogP contribution in [-0.2, 0) is 0 Å². The van der Waals surface area contributed by atoms with Crippen molar-refractivity contribution in [3.05, 3.63) is 34.8 Å². The van der Waals surface area contributed by atoms with Gasteiger partial charge in [-0.3, -0.25) is 4.79 Å². The van der Waals surface area contributed by atoms with Crippen LogP contribution >= 0.6 is 23.1 Å². The molecule has 88 valence electrons. The van der Waals surface area contributed by atoms with Crippen LogP contribution in [-0.4, -0.2) is 10.9 Å². The maximum Gasteiger partial charge on any atom is 0.260 e. The fourth-order valence-corrected chi connectivity index (χ4v) is 3.29. The summed E-state index contributed by atoms with van der Waals surface area (Å²) in [4.78, 5) is 16.9. The summed E-state index contributed by atoms with van der Waals surface area (Å²) in [6.07, 6.45) is 0. The number of primary amides is 1. The number of carbonyl (C=O) groups is 1. The molecule has 2 aromatic rings. The van der Waals surface area contributed by atoms with Crippen molar-refractivity contribution in [2.75, 3.05) is 5.73 Å². The number of rotatable bonds is 3. The number of nitrogens with two attached hydrogens (primary N) is 2. The van der Waals surface area contributed by atoms with Crippen molar-refractivity contribution < 1.29 is 4.79 Å². The van der Waals surface area contributed by atoms with E-state index in [4.69, 9.17) is 11.5 Å². The van der Waals surface area contributed by atoms with Crippen molar-refractivity contribution >= 4 is 34.7 Å². The Kier molecular flexibility index (Phi) is 3.35. The zero-order valence-electron chi connectivity index (χ0n) is 9.14. The number of thiazole rings is 1. The maximum atomic E-state index is 11.1. The largest absolute Gasteiger partial charge is 0.399 e. The maximum absolute atomic E-state index is 11.1. The summed E-state index contributed by atoms with van der Waals surface area (Å²) >= 11 is 2.81. The molecule has 2 rings (SSSR count). The van der Waals surface area contributed by atoms with E-state index in [1.54, 1.807) is 6.92 Å². The Balaban J connectivity index is 2.22. The average molecular weight is 265 g/mol. The topological polar surface area (TPSA) is 82.0 Å². The summed E-state index contributed by atoms with van der Waals surface area (Å²) in [5.74, 6) is -0.427. The van der Waals surface area contributed by atoms with Gasteiger partial charge in [-0.05, 0) is 31.2 Å². The predicted molar refractivity (Wildman–Crippen MR) is 70.3 cm³/mol. The molecule has 0 saturated carbocycles. The van der Waals surface area contributed by atoms with Gasteiger partial charge >= 0.3 is 0 Å².